The first-order valence-corrected chi connectivity index (χ1v) is 9.11. The van der Waals surface area contributed by atoms with Gasteiger partial charge in [-0.3, -0.25) is 0 Å². The van der Waals surface area contributed by atoms with E-state index >= 15 is 0 Å². The van der Waals surface area contributed by atoms with Gasteiger partial charge in [-0.2, -0.15) is 5.10 Å². The van der Waals surface area contributed by atoms with Gasteiger partial charge < -0.3 is 4.74 Å². The van der Waals surface area contributed by atoms with E-state index in [1.54, 1.807) is 22.3 Å². The van der Waals surface area contributed by atoms with Crippen molar-refractivity contribution in [1.82, 2.24) is 24.7 Å². The second kappa shape index (κ2) is 6.62. The van der Waals surface area contributed by atoms with E-state index in [0.717, 1.165) is 26.3 Å². The third-order valence-corrected chi connectivity index (χ3v) is 5.18. The normalized spacial score (nSPS) is 11.0. The Hall–Kier alpha value is -3.58. The molecule has 0 N–H and O–H groups in total. The van der Waals surface area contributed by atoms with Crippen LogP contribution in [0.1, 0.15) is 0 Å². The Morgan fingerprint density at radius 3 is 2.52 bits per heavy atom. The lowest BCUT2D eigenvalue weighted by molar-refractivity contribution is 0.468. The number of fused-ring (bicyclic) bond motifs is 1. The van der Waals surface area contributed by atoms with Crippen molar-refractivity contribution in [3.05, 3.63) is 79.6 Å². The van der Waals surface area contributed by atoms with Gasteiger partial charge in [-0.15, -0.1) is 11.3 Å². The van der Waals surface area contributed by atoms with Crippen molar-refractivity contribution >= 4 is 21.6 Å². The molecule has 7 heteroatoms. The average Bonchev–Trinajstić information content (AvgIpc) is 3.40. The smallest absolute Gasteiger partial charge is 0.231 e. The number of hydrogen-bond donors (Lipinski definition) is 0. The third kappa shape index (κ3) is 3.04. The monoisotopic (exact) mass is 371 g/mol. The van der Waals surface area contributed by atoms with E-state index in [1.165, 1.54) is 12.7 Å². The van der Waals surface area contributed by atoms with E-state index in [4.69, 9.17) is 4.74 Å². The quantitative estimate of drug-likeness (QED) is 0.457. The first-order chi connectivity index (χ1) is 13.4. The second-order valence-corrected chi connectivity index (χ2v) is 6.84. The van der Waals surface area contributed by atoms with Gasteiger partial charge in [-0.25, -0.2) is 19.6 Å². The summed E-state index contributed by atoms with van der Waals surface area (Å²) in [6.45, 7) is 0. The molecule has 27 heavy (non-hydrogen) atoms. The molecular formula is C20H13N5OS. The fourth-order valence-corrected chi connectivity index (χ4v) is 3.77. The Bertz CT molecular complexity index is 1180. The number of rotatable bonds is 4. The summed E-state index contributed by atoms with van der Waals surface area (Å²) in [5.74, 6) is 1.25. The Balaban J connectivity index is 1.47. The van der Waals surface area contributed by atoms with E-state index in [9.17, 15) is 0 Å². The number of hydrogen-bond acceptors (Lipinski definition) is 6. The lowest BCUT2D eigenvalue weighted by atomic mass is 10.2. The maximum Gasteiger partial charge on any atom is 0.231 e. The molecule has 130 valence electrons. The number of aromatic nitrogens is 5. The molecule has 0 amide bonds. The molecule has 3 heterocycles. The van der Waals surface area contributed by atoms with Crippen LogP contribution in [0.25, 0.3) is 26.3 Å². The summed E-state index contributed by atoms with van der Waals surface area (Å²) in [5.41, 5.74) is 2.07. The van der Waals surface area contributed by atoms with E-state index in [1.807, 2.05) is 42.5 Å². The van der Waals surface area contributed by atoms with Gasteiger partial charge in [-0.1, -0.05) is 30.3 Å². The van der Waals surface area contributed by atoms with Crippen LogP contribution in [0.2, 0.25) is 0 Å². The molecule has 0 fully saturated rings. The number of ether oxygens (including phenoxy) is 1. The minimum atomic E-state index is 0.548. The molecule has 0 bridgehead atoms. The Morgan fingerprint density at radius 2 is 1.74 bits per heavy atom. The van der Waals surface area contributed by atoms with Crippen molar-refractivity contribution in [3.63, 3.8) is 0 Å². The van der Waals surface area contributed by atoms with Gasteiger partial charge in [0.15, 0.2) is 0 Å². The van der Waals surface area contributed by atoms with Crippen molar-refractivity contribution in [2.45, 2.75) is 0 Å². The van der Waals surface area contributed by atoms with Gasteiger partial charge in [0.1, 0.15) is 29.6 Å². The maximum atomic E-state index is 6.02. The lowest BCUT2D eigenvalue weighted by Gasteiger charge is -2.06. The summed E-state index contributed by atoms with van der Waals surface area (Å²) in [5, 5.41) is 5.02. The van der Waals surface area contributed by atoms with Crippen LogP contribution in [-0.4, -0.2) is 24.7 Å². The largest absolute Gasteiger partial charge is 0.438 e. The van der Waals surface area contributed by atoms with Crippen LogP contribution >= 0.6 is 11.3 Å². The van der Waals surface area contributed by atoms with Crippen LogP contribution in [0.4, 0.5) is 0 Å². The van der Waals surface area contributed by atoms with Crippen LogP contribution in [0.15, 0.2) is 79.6 Å². The SMILES string of the molecule is c1ccc(-c2cc3c(Oc4ccc(-n5cncn5)cc4)ncnc3s2)cc1. The molecule has 2 aromatic carbocycles. The van der Waals surface area contributed by atoms with Crippen molar-refractivity contribution in [3.8, 4) is 27.8 Å². The number of nitrogens with zero attached hydrogens (tertiary/aromatic N) is 5. The molecular weight excluding hydrogens is 358 g/mol. The van der Waals surface area contributed by atoms with Crippen molar-refractivity contribution in [1.29, 1.82) is 0 Å². The molecule has 0 aliphatic rings. The first-order valence-electron chi connectivity index (χ1n) is 8.30. The van der Waals surface area contributed by atoms with Gasteiger partial charge in [0.2, 0.25) is 5.88 Å². The van der Waals surface area contributed by atoms with Gasteiger partial charge in [0.25, 0.3) is 0 Å². The van der Waals surface area contributed by atoms with Gasteiger partial charge in [0, 0.05) is 4.88 Å². The molecule has 3 aromatic heterocycles. The summed E-state index contributed by atoms with van der Waals surface area (Å²) < 4.78 is 7.72. The minimum absolute atomic E-state index is 0.548. The molecule has 0 saturated carbocycles. The van der Waals surface area contributed by atoms with Crippen LogP contribution in [0.3, 0.4) is 0 Å². The molecule has 0 radical (unpaired) electrons. The highest BCUT2D eigenvalue weighted by molar-refractivity contribution is 7.21. The molecule has 0 atom stereocenters. The van der Waals surface area contributed by atoms with Gasteiger partial charge >= 0.3 is 0 Å². The third-order valence-electron chi connectivity index (χ3n) is 4.09. The highest BCUT2D eigenvalue weighted by Gasteiger charge is 2.12. The van der Waals surface area contributed by atoms with E-state index in [-0.39, 0.29) is 0 Å². The van der Waals surface area contributed by atoms with E-state index in [0.29, 0.717) is 11.6 Å². The van der Waals surface area contributed by atoms with Gasteiger partial charge in [-0.05, 0) is 35.9 Å². The standard InChI is InChI=1S/C20H13N5OS/c1-2-4-14(5-3-1)18-10-17-19(22-12-23-20(17)27-18)26-16-8-6-15(7-9-16)25-13-21-11-24-25/h1-13H. The molecule has 0 aliphatic heterocycles. The van der Waals surface area contributed by atoms with Crippen molar-refractivity contribution in [2.24, 2.45) is 0 Å². The van der Waals surface area contributed by atoms with E-state index in [2.05, 4.69) is 38.2 Å². The zero-order valence-electron chi connectivity index (χ0n) is 14.1. The average molecular weight is 371 g/mol. The summed E-state index contributed by atoms with van der Waals surface area (Å²) in [6.07, 6.45) is 4.69. The van der Waals surface area contributed by atoms with Crippen LogP contribution in [-0.2, 0) is 0 Å². The fourth-order valence-electron chi connectivity index (χ4n) is 2.78. The van der Waals surface area contributed by atoms with Crippen LogP contribution < -0.4 is 4.74 Å². The number of benzene rings is 2. The molecule has 0 aliphatic carbocycles. The minimum Gasteiger partial charge on any atom is -0.438 e. The summed E-state index contributed by atoms with van der Waals surface area (Å²) in [6, 6.07) is 19.9. The molecule has 0 saturated heterocycles. The molecule has 0 spiro atoms. The Morgan fingerprint density at radius 1 is 0.889 bits per heavy atom. The summed E-state index contributed by atoms with van der Waals surface area (Å²) >= 11 is 1.63. The molecule has 5 rings (SSSR count). The predicted molar refractivity (Wildman–Crippen MR) is 104 cm³/mol. The van der Waals surface area contributed by atoms with Crippen LogP contribution in [0, 0.1) is 0 Å². The first kappa shape index (κ1) is 15.7. The van der Waals surface area contributed by atoms with E-state index < -0.39 is 0 Å². The highest BCUT2D eigenvalue weighted by Crippen LogP contribution is 2.37. The lowest BCUT2D eigenvalue weighted by Crippen LogP contribution is -1.94. The summed E-state index contributed by atoms with van der Waals surface area (Å²) in [7, 11) is 0. The Kier molecular flexibility index (Phi) is 3.84. The highest BCUT2D eigenvalue weighted by atomic mass is 32.1. The second-order valence-electron chi connectivity index (χ2n) is 5.81. The maximum absolute atomic E-state index is 6.02. The van der Waals surface area contributed by atoms with Gasteiger partial charge in [0.05, 0.1) is 11.1 Å². The van der Waals surface area contributed by atoms with Crippen LogP contribution in [0.5, 0.6) is 11.6 Å². The number of thiophene rings is 1. The predicted octanol–water partition coefficient (Wildman–Crippen LogP) is 4.73. The topological polar surface area (TPSA) is 65.7 Å². The fraction of sp³-hybridized carbons (Fsp3) is 0. The van der Waals surface area contributed by atoms with Crippen molar-refractivity contribution < 1.29 is 4.74 Å². The molecule has 6 nitrogen and oxygen atoms in total. The molecule has 5 aromatic rings. The zero-order chi connectivity index (χ0) is 18.1. The Labute approximate surface area is 158 Å². The zero-order valence-corrected chi connectivity index (χ0v) is 14.9. The van der Waals surface area contributed by atoms with Crippen molar-refractivity contribution in [2.75, 3.05) is 0 Å². The summed E-state index contributed by atoms with van der Waals surface area (Å²) in [4.78, 5) is 14.7. The molecule has 0 unspecified atom stereocenters.